The third-order valence-electron chi connectivity index (χ3n) is 1.61. The average Bonchev–Trinajstić information content (AvgIpc) is 2.50. The molecule has 2 heteroatoms. The SMILES string of the molecule is C=CC(N)CC1CC1.Cl. The molecular formula is C7H14ClN. The van der Waals surface area contributed by atoms with Gasteiger partial charge in [0.25, 0.3) is 0 Å². The van der Waals surface area contributed by atoms with E-state index in [2.05, 4.69) is 6.58 Å². The highest BCUT2D eigenvalue weighted by Gasteiger charge is 2.22. The van der Waals surface area contributed by atoms with E-state index in [-0.39, 0.29) is 18.4 Å². The molecule has 1 nitrogen and oxygen atoms in total. The van der Waals surface area contributed by atoms with Crippen molar-refractivity contribution in [3.05, 3.63) is 12.7 Å². The monoisotopic (exact) mass is 147 g/mol. The molecule has 0 aliphatic heterocycles. The zero-order valence-electron chi connectivity index (χ0n) is 5.55. The van der Waals surface area contributed by atoms with Crippen LogP contribution in [0.4, 0.5) is 0 Å². The maximum absolute atomic E-state index is 5.60. The van der Waals surface area contributed by atoms with Gasteiger partial charge in [-0.3, -0.25) is 0 Å². The molecule has 1 saturated carbocycles. The van der Waals surface area contributed by atoms with Gasteiger partial charge in [0.1, 0.15) is 0 Å². The van der Waals surface area contributed by atoms with E-state index < -0.39 is 0 Å². The lowest BCUT2D eigenvalue weighted by molar-refractivity contribution is 0.654. The molecule has 1 atom stereocenters. The molecule has 0 saturated heterocycles. The molecule has 1 aliphatic carbocycles. The minimum Gasteiger partial charge on any atom is -0.324 e. The van der Waals surface area contributed by atoms with Crippen LogP contribution in [0.15, 0.2) is 12.7 Å². The molecule has 0 bridgehead atoms. The second-order valence-corrected chi connectivity index (χ2v) is 2.58. The number of hydrogen-bond donors (Lipinski definition) is 1. The lowest BCUT2D eigenvalue weighted by atomic mass is 10.1. The van der Waals surface area contributed by atoms with E-state index in [1.807, 2.05) is 6.08 Å². The molecule has 2 N–H and O–H groups in total. The lowest BCUT2D eigenvalue weighted by Gasteiger charge is -2.00. The van der Waals surface area contributed by atoms with Crippen LogP contribution in [0.25, 0.3) is 0 Å². The van der Waals surface area contributed by atoms with Gasteiger partial charge in [-0.2, -0.15) is 0 Å². The molecule has 54 valence electrons. The lowest BCUT2D eigenvalue weighted by Crippen LogP contribution is -2.16. The normalized spacial score (nSPS) is 20.1. The molecule has 9 heavy (non-hydrogen) atoms. The Morgan fingerprint density at radius 1 is 1.67 bits per heavy atom. The summed E-state index contributed by atoms with van der Waals surface area (Å²) in [4.78, 5) is 0. The van der Waals surface area contributed by atoms with E-state index in [9.17, 15) is 0 Å². The van der Waals surface area contributed by atoms with E-state index in [0.717, 1.165) is 12.3 Å². The molecule has 0 aromatic carbocycles. The maximum atomic E-state index is 5.60. The summed E-state index contributed by atoms with van der Waals surface area (Å²) in [6, 6.07) is 0.252. The van der Waals surface area contributed by atoms with Gasteiger partial charge in [0, 0.05) is 6.04 Å². The van der Waals surface area contributed by atoms with E-state index in [1.165, 1.54) is 12.8 Å². The van der Waals surface area contributed by atoms with Crippen molar-refractivity contribution in [3.63, 3.8) is 0 Å². The van der Waals surface area contributed by atoms with Crippen molar-refractivity contribution in [2.75, 3.05) is 0 Å². The van der Waals surface area contributed by atoms with Crippen LogP contribution in [-0.4, -0.2) is 6.04 Å². The summed E-state index contributed by atoms with van der Waals surface area (Å²) in [7, 11) is 0. The standard InChI is InChI=1S/C7H13N.ClH/c1-2-7(8)5-6-3-4-6;/h2,6-7H,1,3-5,8H2;1H. The summed E-state index contributed by atoms with van der Waals surface area (Å²) in [5.74, 6) is 0.933. The van der Waals surface area contributed by atoms with Crippen LogP contribution in [-0.2, 0) is 0 Å². The first-order valence-corrected chi connectivity index (χ1v) is 3.21. The number of nitrogens with two attached hydrogens (primary N) is 1. The third-order valence-corrected chi connectivity index (χ3v) is 1.61. The predicted molar refractivity (Wildman–Crippen MR) is 42.8 cm³/mol. The van der Waals surface area contributed by atoms with E-state index in [1.54, 1.807) is 0 Å². The summed E-state index contributed by atoms with van der Waals surface area (Å²) < 4.78 is 0. The molecule has 0 heterocycles. The molecule has 1 unspecified atom stereocenters. The van der Waals surface area contributed by atoms with Crippen molar-refractivity contribution in [2.45, 2.75) is 25.3 Å². The Balaban J connectivity index is 0.000000640. The predicted octanol–water partition coefficient (Wildman–Crippen LogP) is 1.72. The first kappa shape index (κ1) is 8.99. The van der Waals surface area contributed by atoms with Gasteiger partial charge in [0.05, 0.1) is 0 Å². The maximum Gasteiger partial charge on any atom is 0.0223 e. The van der Waals surface area contributed by atoms with Gasteiger partial charge in [-0.25, -0.2) is 0 Å². The minimum atomic E-state index is 0. The quantitative estimate of drug-likeness (QED) is 0.605. The fourth-order valence-electron chi connectivity index (χ4n) is 0.835. The molecule has 0 aromatic heterocycles. The average molecular weight is 148 g/mol. The van der Waals surface area contributed by atoms with E-state index >= 15 is 0 Å². The van der Waals surface area contributed by atoms with Crippen molar-refractivity contribution < 1.29 is 0 Å². The first-order valence-electron chi connectivity index (χ1n) is 3.21. The van der Waals surface area contributed by atoms with E-state index in [4.69, 9.17) is 5.73 Å². The Kier molecular flexibility index (Phi) is 3.91. The summed E-state index contributed by atoms with van der Waals surface area (Å²) in [6.07, 6.45) is 5.77. The number of rotatable bonds is 3. The van der Waals surface area contributed by atoms with Gasteiger partial charge in [-0.15, -0.1) is 19.0 Å². The Bertz CT molecular complexity index is 88.9. The van der Waals surface area contributed by atoms with Crippen LogP contribution in [0.3, 0.4) is 0 Å². The highest BCUT2D eigenvalue weighted by molar-refractivity contribution is 5.85. The van der Waals surface area contributed by atoms with Crippen molar-refractivity contribution in [3.8, 4) is 0 Å². The Hall–Kier alpha value is -0.0100. The first-order chi connectivity index (χ1) is 3.83. The Labute approximate surface area is 62.7 Å². The fourth-order valence-corrected chi connectivity index (χ4v) is 0.835. The van der Waals surface area contributed by atoms with Crippen LogP contribution >= 0.6 is 12.4 Å². The highest BCUT2D eigenvalue weighted by Crippen LogP contribution is 2.33. The molecule has 1 aliphatic rings. The van der Waals surface area contributed by atoms with Gasteiger partial charge in [0.2, 0.25) is 0 Å². The minimum absolute atomic E-state index is 0. The van der Waals surface area contributed by atoms with Crippen LogP contribution in [0, 0.1) is 5.92 Å². The molecule has 0 aromatic rings. The molecular weight excluding hydrogens is 134 g/mol. The van der Waals surface area contributed by atoms with Crippen LogP contribution in [0.1, 0.15) is 19.3 Å². The van der Waals surface area contributed by atoms with Gasteiger partial charge in [-0.1, -0.05) is 18.9 Å². The van der Waals surface area contributed by atoms with Crippen LogP contribution in [0.5, 0.6) is 0 Å². The van der Waals surface area contributed by atoms with Crippen molar-refractivity contribution >= 4 is 12.4 Å². The molecule has 0 spiro atoms. The van der Waals surface area contributed by atoms with Gasteiger partial charge >= 0.3 is 0 Å². The number of halogens is 1. The van der Waals surface area contributed by atoms with Gasteiger partial charge in [0.15, 0.2) is 0 Å². The topological polar surface area (TPSA) is 26.0 Å². The van der Waals surface area contributed by atoms with Crippen molar-refractivity contribution in [1.29, 1.82) is 0 Å². The number of hydrogen-bond acceptors (Lipinski definition) is 1. The van der Waals surface area contributed by atoms with Crippen LogP contribution in [0.2, 0.25) is 0 Å². The van der Waals surface area contributed by atoms with Crippen LogP contribution < -0.4 is 5.73 Å². The summed E-state index contributed by atoms with van der Waals surface area (Å²) >= 11 is 0. The van der Waals surface area contributed by atoms with Crippen molar-refractivity contribution in [1.82, 2.24) is 0 Å². The molecule has 0 amide bonds. The zero-order chi connectivity index (χ0) is 5.98. The van der Waals surface area contributed by atoms with Crippen molar-refractivity contribution in [2.24, 2.45) is 11.7 Å². The highest BCUT2D eigenvalue weighted by atomic mass is 35.5. The summed E-state index contributed by atoms with van der Waals surface area (Å²) in [5.41, 5.74) is 5.60. The summed E-state index contributed by atoms with van der Waals surface area (Å²) in [5, 5.41) is 0. The smallest absolute Gasteiger partial charge is 0.0223 e. The fraction of sp³-hybridized carbons (Fsp3) is 0.714. The third kappa shape index (κ3) is 3.55. The zero-order valence-corrected chi connectivity index (χ0v) is 6.36. The Morgan fingerprint density at radius 3 is 2.56 bits per heavy atom. The molecule has 1 rings (SSSR count). The summed E-state index contributed by atoms with van der Waals surface area (Å²) in [6.45, 7) is 3.62. The largest absolute Gasteiger partial charge is 0.324 e. The Morgan fingerprint density at radius 2 is 2.22 bits per heavy atom. The second kappa shape index (κ2) is 3.91. The molecule has 1 fully saturated rings. The van der Waals surface area contributed by atoms with E-state index in [0.29, 0.717) is 0 Å². The van der Waals surface area contributed by atoms with Gasteiger partial charge in [-0.05, 0) is 12.3 Å². The van der Waals surface area contributed by atoms with Gasteiger partial charge < -0.3 is 5.73 Å². The molecule has 0 radical (unpaired) electrons. The second-order valence-electron chi connectivity index (χ2n) is 2.58.